The number of ether oxygens (including phenoxy) is 1. The average Bonchev–Trinajstić information content (AvgIpc) is 1.87. The van der Waals surface area contributed by atoms with Gasteiger partial charge in [-0.1, -0.05) is 6.58 Å². The highest BCUT2D eigenvalue weighted by molar-refractivity contribution is 5.71. The van der Waals surface area contributed by atoms with Crippen LogP contribution in [0, 0.1) is 0 Å². The average molecular weight is 144 g/mol. The number of rotatable bonds is 5. The van der Waals surface area contributed by atoms with Crippen LogP contribution in [0.4, 0.5) is 4.79 Å². The molecule has 0 aromatic heterocycles. The first-order valence-corrected chi connectivity index (χ1v) is 3.03. The van der Waals surface area contributed by atoms with Gasteiger partial charge in [0.05, 0.1) is 12.9 Å². The van der Waals surface area contributed by atoms with E-state index in [-0.39, 0.29) is 0 Å². The molecule has 0 saturated carbocycles. The molecule has 0 unspecified atom stereocenters. The molecule has 0 aliphatic heterocycles. The molecule has 0 rings (SSSR count). The molecule has 0 heterocycles. The fourth-order valence-electron chi connectivity index (χ4n) is 0.450. The molecular weight excluding hydrogens is 132 g/mol. The quantitative estimate of drug-likeness (QED) is 0.427. The van der Waals surface area contributed by atoms with E-state index in [1.165, 1.54) is 6.26 Å². The summed E-state index contributed by atoms with van der Waals surface area (Å²) in [4.78, 5) is 10.1. The largest absolute Gasteiger partial charge is 0.502 e. The van der Waals surface area contributed by atoms with Crippen molar-refractivity contribution in [3.05, 3.63) is 12.8 Å². The molecule has 4 nitrogen and oxygen atoms in total. The lowest BCUT2D eigenvalue weighted by Crippen LogP contribution is -2.30. The van der Waals surface area contributed by atoms with Gasteiger partial charge in [-0.3, -0.25) is 0 Å². The molecule has 0 aliphatic rings. The van der Waals surface area contributed by atoms with Gasteiger partial charge in [0.2, 0.25) is 0 Å². The summed E-state index contributed by atoms with van der Waals surface area (Å²) in [5.74, 6) is 0. The molecule has 0 bridgehead atoms. The summed E-state index contributed by atoms with van der Waals surface area (Å²) in [6, 6.07) is -0.501. The number of carbonyl (C=O) groups is 1. The number of urea groups is 1. The third-order valence-corrected chi connectivity index (χ3v) is 0.856. The third-order valence-electron chi connectivity index (χ3n) is 0.856. The van der Waals surface area contributed by atoms with Gasteiger partial charge in [0.25, 0.3) is 0 Å². The maximum atomic E-state index is 10.1. The van der Waals surface area contributed by atoms with Crippen molar-refractivity contribution in [3.63, 3.8) is 0 Å². The zero-order chi connectivity index (χ0) is 7.82. The number of hydrogen-bond donors (Lipinski definition) is 2. The van der Waals surface area contributed by atoms with E-state index in [2.05, 4.69) is 11.9 Å². The Bertz CT molecular complexity index is 114. The summed E-state index contributed by atoms with van der Waals surface area (Å²) < 4.78 is 4.79. The standard InChI is InChI=1S/C6H12N2O2/c1-2-10-5-3-4-8-6(7)9/h2H,1,3-5H2,(H3,7,8,9). The Morgan fingerprint density at radius 3 is 3.00 bits per heavy atom. The van der Waals surface area contributed by atoms with E-state index in [0.717, 1.165) is 6.42 Å². The first-order chi connectivity index (χ1) is 4.77. The Balaban J connectivity index is 2.90. The molecule has 0 aromatic rings. The molecule has 0 radical (unpaired) electrons. The van der Waals surface area contributed by atoms with Crippen molar-refractivity contribution in [3.8, 4) is 0 Å². The van der Waals surface area contributed by atoms with Crippen LogP contribution in [-0.2, 0) is 4.74 Å². The van der Waals surface area contributed by atoms with E-state index in [9.17, 15) is 4.79 Å². The minimum atomic E-state index is -0.501. The second-order valence-electron chi connectivity index (χ2n) is 1.68. The molecule has 2 amide bonds. The smallest absolute Gasteiger partial charge is 0.312 e. The van der Waals surface area contributed by atoms with E-state index < -0.39 is 6.03 Å². The minimum Gasteiger partial charge on any atom is -0.502 e. The highest BCUT2D eigenvalue weighted by atomic mass is 16.5. The van der Waals surface area contributed by atoms with Crippen molar-refractivity contribution in [2.75, 3.05) is 13.2 Å². The van der Waals surface area contributed by atoms with Gasteiger partial charge in [0.1, 0.15) is 0 Å². The highest BCUT2D eigenvalue weighted by Crippen LogP contribution is 1.79. The first kappa shape index (κ1) is 8.81. The zero-order valence-corrected chi connectivity index (χ0v) is 5.80. The van der Waals surface area contributed by atoms with E-state index >= 15 is 0 Å². The fraction of sp³-hybridized carbons (Fsp3) is 0.500. The zero-order valence-electron chi connectivity index (χ0n) is 5.80. The number of primary amides is 1. The van der Waals surface area contributed by atoms with Crippen LogP contribution in [0.25, 0.3) is 0 Å². The molecule has 0 aliphatic carbocycles. The molecule has 0 fully saturated rings. The Morgan fingerprint density at radius 1 is 1.80 bits per heavy atom. The van der Waals surface area contributed by atoms with Gasteiger partial charge in [-0.05, 0) is 6.42 Å². The van der Waals surface area contributed by atoms with Crippen molar-refractivity contribution in [1.29, 1.82) is 0 Å². The second kappa shape index (κ2) is 5.94. The van der Waals surface area contributed by atoms with Crippen molar-refractivity contribution in [2.24, 2.45) is 5.73 Å². The number of nitrogens with one attached hydrogen (secondary N) is 1. The van der Waals surface area contributed by atoms with Crippen LogP contribution in [0.5, 0.6) is 0 Å². The maximum absolute atomic E-state index is 10.1. The summed E-state index contributed by atoms with van der Waals surface area (Å²) in [6.45, 7) is 4.46. The van der Waals surface area contributed by atoms with Gasteiger partial charge in [-0.2, -0.15) is 0 Å². The lowest BCUT2D eigenvalue weighted by atomic mass is 10.4. The topological polar surface area (TPSA) is 64.3 Å². The Kier molecular flexibility index (Phi) is 5.23. The van der Waals surface area contributed by atoms with Crippen molar-refractivity contribution in [1.82, 2.24) is 5.32 Å². The molecule has 58 valence electrons. The molecule has 10 heavy (non-hydrogen) atoms. The minimum absolute atomic E-state index is 0.501. The van der Waals surface area contributed by atoms with Gasteiger partial charge >= 0.3 is 6.03 Å². The summed E-state index contributed by atoms with van der Waals surface area (Å²) >= 11 is 0. The fourth-order valence-corrected chi connectivity index (χ4v) is 0.450. The summed E-state index contributed by atoms with van der Waals surface area (Å²) in [5, 5.41) is 2.43. The molecule has 4 heteroatoms. The van der Waals surface area contributed by atoms with Crippen LogP contribution >= 0.6 is 0 Å². The second-order valence-corrected chi connectivity index (χ2v) is 1.68. The third kappa shape index (κ3) is 6.81. The normalized spacial score (nSPS) is 8.40. The highest BCUT2D eigenvalue weighted by Gasteiger charge is 1.89. The van der Waals surface area contributed by atoms with Gasteiger partial charge < -0.3 is 15.8 Å². The predicted octanol–water partition coefficient (Wildman–Crippen LogP) is 0.205. The SMILES string of the molecule is C=COCCCNC(N)=O. The van der Waals surface area contributed by atoms with E-state index in [4.69, 9.17) is 10.5 Å². The van der Waals surface area contributed by atoms with Gasteiger partial charge in [-0.15, -0.1) is 0 Å². The molecule has 0 spiro atoms. The molecule has 3 N–H and O–H groups in total. The van der Waals surface area contributed by atoms with Crippen LogP contribution < -0.4 is 11.1 Å². The molecular formula is C6H12N2O2. The van der Waals surface area contributed by atoms with Crippen LogP contribution in [0.3, 0.4) is 0 Å². The number of nitrogens with two attached hydrogens (primary N) is 1. The first-order valence-electron chi connectivity index (χ1n) is 3.03. The van der Waals surface area contributed by atoms with E-state index in [1.807, 2.05) is 0 Å². The number of carbonyl (C=O) groups excluding carboxylic acids is 1. The molecule has 0 aromatic carbocycles. The van der Waals surface area contributed by atoms with Crippen molar-refractivity contribution >= 4 is 6.03 Å². The summed E-state index contributed by atoms with van der Waals surface area (Å²) in [5.41, 5.74) is 4.80. The van der Waals surface area contributed by atoms with Crippen LogP contribution in [-0.4, -0.2) is 19.2 Å². The molecule has 0 atom stereocenters. The van der Waals surface area contributed by atoms with Gasteiger partial charge in [-0.25, -0.2) is 4.79 Å². The van der Waals surface area contributed by atoms with Crippen LogP contribution in [0.15, 0.2) is 12.8 Å². The van der Waals surface area contributed by atoms with Gasteiger partial charge in [0.15, 0.2) is 0 Å². The van der Waals surface area contributed by atoms with Gasteiger partial charge in [0, 0.05) is 6.54 Å². The predicted molar refractivity (Wildman–Crippen MR) is 38.4 cm³/mol. The Labute approximate surface area is 60.0 Å². The summed E-state index contributed by atoms with van der Waals surface area (Å²) in [6.07, 6.45) is 2.11. The van der Waals surface area contributed by atoms with Crippen molar-refractivity contribution in [2.45, 2.75) is 6.42 Å². The Morgan fingerprint density at radius 2 is 2.50 bits per heavy atom. The lowest BCUT2D eigenvalue weighted by Gasteiger charge is -2.00. The molecule has 0 saturated heterocycles. The Hall–Kier alpha value is -1.19. The van der Waals surface area contributed by atoms with Crippen LogP contribution in [0.1, 0.15) is 6.42 Å². The number of hydrogen-bond acceptors (Lipinski definition) is 2. The van der Waals surface area contributed by atoms with Crippen LogP contribution in [0.2, 0.25) is 0 Å². The van der Waals surface area contributed by atoms with Crippen molar-refractivity contribution < 1.29 is 9.53 Å². The van der Waals surface area contributed by atoms with E-state index in [1.54, 1.807) is 0 Å². The lowest BCUT2D eigenvalue weighted by molar-refractivity contribution is 0.236. The monoisotopic (exact) mass is 144 g/mol. The maximum Gasteiger partial charge on any atom is 0.312 e. The number of amides is 2. The van der Waals surface area contributed by atoms with E-state index in [0.29, 0.717) is 13.2 Å². The summed E-state index contributed by atoms with van der Waals surface area (Å²) in [7, 11) is 0.